The molecule has 1 aromatic heterocycles. The van der Waals surface area contributed by atoms with E-state index in [1.807, 2.05) is 18.2 Å². The van der Waals surface area contributed by atoms with Crippen molar-refractivity contribution in [3.63, 3.8) is 0 Å². The summed E-state index contributed by atoms with van der Waals surface area (Å²) in [4.78, 5) is 19.0. The first-order valence-electron chi connectivity index (χ1n) is 6.30. The third-order valence-corrected chi connectivity index (χ3v) is 3.74. The van der Waals surface area contributed by atoms with E-state index in [1.165, 1.54) is 0 Å². The monoisotopic (exact) mass is 246 g/mol. The van der Waals surface area contributed by atoms with Gasteiger partial charge in [-0.05, 0) is 37.0 Å². The maximum Gasteiger partial charge on any atom is 0.323 e. The van der Waals surface area contributed by atoms with Gasteiger partial charge in [0.25, 0.3) is 0 Å². The predicted molar refractivity (Wildman–Crippen MR) is 72.9 cm³/mol. The first-order valence-corrected chi connectivity index (χ1v) is 6.30. The molecule has 0 unspecified atom stereocenters. The number of benzene rings is 1. The first-order chi connectivity index (χ1) is 8.61. The lowest BCUT2D eigenvalue weighted by Gasteiger charge is -2.36. The van der Waals surface area contributed by atoms with Crippen LogP contribution in [0.3, 0.4) is 0 Å². The molecule has 0 aliphatic heterocycles. The fraction of sp³-hybridized carbons (Fsp3) is 0.462. The summed E-state index contributed by atoms with van der Waals surface area (Å²) in [5.41, 5.74) is 8.47. The van der Waals surface area contributed by atoms with Crippen LogP contribution >= 0.6 is 0 Å². The molecule has 1 saturated carbocycles. The van der Waals surface area contributed by atoms with Gasteiger partial charge in [0, 0.05) is 25.3 Å². The minimum Gasteiger partial charge on any atom is -0.374 e. The third-order valence-electron chi connectivity index (χ3n) is 3.74. The molecule has 0 atom stereocenters. The first kappa shape index (κ1) is 11.3. The van der Waals surface area contributed by atoms with E-state index in [1.54, 1.807) is 0 Å². The molecule has 0 amide bonds. The largest absolute Gasteiger partial charge is 0.374 e. The number of nitrogens with two attached hydrogens (primary N) is 1. The molecule has 1 heterocycles. The van der Waals surface area contributed by atoms with Gasteiger partial charge in [-0.2, -0.15) is 0 Å². The van der Waals surface area contributed by atoms with Crippen LogP contribution in [0.2, 0.25) is 0 Å². The summed E-state index contributed by atoms with van der Waals surface area (Å²) in [5, 5.41) is 0. The molecule has 0 saturated heterocycles. The summed E-state index contributed by atoms with van der Waals surface area (Å²) >= 11 is 0. The minimum atomic E-state index is -0.158. The number of aromatic nitrogens is 2. The normalized spacial score (nSPS) is 23.0. The zero-order valence-electron chi connectivity index (χ0n) is 10.4. The second kappa shape index (κ2) is 4.17. The molecule has 4 N–H and O–H groups in total. The number of imidazole rings is 1. The van der Waals surface area contributed by atoms with E-state index < -0.39 is 0 Å². The van der Waals surface area contributed by atoms with Crippen molar-refractivity contribution in [2.75, 3.05) is 18.5 Å². The van der Waals surface area contributed by atoms with Gasteiger partial charge in [0.2, 0.25) is 0 Å². The highest BCUT2D eigenvalue weighted by atomic mass is 16.1. The summed E-state index contributed by atoms with van der Waals surface area (Å²) in [6.07, 6.45) is 2.24. The van der Waals surface area contributed by atoms with Crippen LogP contribution in [-0.4, -0.2) is 29.6 Å². The third kappa shape index (κ3) is 2.01. The molecule has 0 spiro atoms. The summed E-state index contributed by atoms with van der Waals surface area (Å²) < 4.78 is 0. The molecule has 3 rings (SSSR count). The molecule has 2 aromatic rings. The van der Waals surface area contributed by atoms with Crippen molar-refractivity contribution in [3.05, 3.63) is 28.7 Å². The van der Waals surface area contributed by atoms with Crippen LogP contribution in [0.5, 0.6) is 0 Å². The van der Waals surface area contributed by atoms with Gasteiger partial charge in [-0.3, -0.25) is 0 Å². The van der Waals surface area contributed by atoms with E-state index in [0.29, 0.717) is 12.0 Å². The molecule has 5 nitrogen and oxygen atoms in total. The van der Waals surface area contributed by atoms with E-state index in [9.17, 15) is 4.79 Å². The van der Waals surface area contributed by atoms with Crippen molar-refractivity contribution in [3.8, 4) is 0 Å². The predicted octanol–water partition coefficient (Wildman–Crippen LogP) is 1.03. The van der Waals surface area contributed by atoms with Gasteiger partial charge in [-0.1, -0.05) is 0 Å². The Hall–Kier alpha value is -1.75. The minimum absolute atomic E-state index is 0.158. The van der Waals surface area contributed by atoms with Crippen LogP contribution in [0, 0.1) is 5.92 Å². The summed E-state index contributed by atoms with van der Waals surface area (Å²) in [6, 6.07) is 6.37. The van der Waals surface area contributed by atoms with Crippen LogP contribution in [0.4, 0.5) is 5.69 Å². The molecule has 0 bridgehead atoms. The van der Waals surface area contributed by atoms with E-state index in [2.05, 4.69) is 21.9 Å². The molecule has 18 heavy (non-hydrogen) atoms. The Bertz CT molecular complexity index is 609. The fourth-order valence-electron chi connectivity index (χ4n) is 2.69. The SMILES string of the molecule is CN(CC1CC(N)C1)c1ccc2[nH]c(=O)[nH]c2c1. The van der Waals surface area contributed by atoms with Crippen LogP contribution < -0.4 is 16.3 Å². The number of nitrogens with one attached hydrogen (secondary N) is 2. The summed E-state index contributed by atoms with van der Waals surface area (Å²) in [5.74, 6) is 0.700. The van der Waals surface area contributed by atoms with Gasteiger partial charge >= 0.3 is 5.69 Å². The zero-order valence-corrected chi connectivity index (χ0v) is 10.4. The molecule has 1 fully saturated rings. The van der Waals surface area contributed by atoms with Crippen molar-refractivity contribution in [1.82, 2.24) is 9.97 Å². The molecule has 96 valence electrons. The summed E-state index contributed by atoms with van der Waals surface area (Å²) in [7, 11) is 2.08. The number of hydrogen-bond donors (Lipinski definition) is 3. The van der Waals surface area contributed by atoms with Gasteiger partial charge in [0.1, 0.15) is 0 Å². The van der Waals surface area contributed by atoms with Crippen LogP contribution in [0.1, 0.15) is 12.8 Å². The second-order valence-corrected chi connectivity index (χ2v) is 5.29. The van der Waals surface area contributed by atoms with Crippen LogP contribution in [0.25, 0.3) is 11.0 Å². The molecular weight excluding hydrogens is 228 g/mol. The fourth-order valence-corrected chi connectivity index (χ4v) is 2.69. The second-order valence-electron chi connectivity index (χ2n) is 5.29. The average Bonchev–Trinajstić information content (AvgIpc) is 2.65. The Morgan fingerprint density at radius 2 is 2.06 bits per heavy atom. The van der Waals surface area contributed by atoms with E-state index in [4.69, 9.17) is 5.73 Å². The lowest BCUT2D eigenvalue weighted by molar-refractivity contribution is 0.271. The van der Waals surface area contributed by atoms with Crippen molar-refractivity contribution < 1.29 is 0 Å². The Morgan fingerprint density at radius 1 is 1.33 bits per heavy atom. The highest BCUT2D eigenvalue weighted by molar-refractivity contribution is 5.78. The van der Waals surface area contributed by atoms with E-state index in [0.717, 1.165) is 36.1 Å². The maximum atomic E-state index is 11.2. The number of hydrogen-bond acceptors (Lipinski definition) is 3. The molecule has 1 aromatic carbocycles. The number of fused-ring (bicyclic) bond motifs is 1. The molecular formula is C13H18N4O. The van der Waals surface area contributed by atoms with E-state index >= 15 is 0 Å². The quantitative estimate of drug-likeness (QED) is 0.757. The van der Waals surface area contributed by atoms with Gasteiger partial charge in [0.15, 0.2) is 0 Å². The number of aromatic amines is 2. The van der Waals surface area contributed by atoms with Gasteiger partial charge in [0.05, 0.1) is 11.0 Å². The molecule has 5 heteroatoms. The number of rotatable bonds is 3. The van der Waals surface area contributed by atoms with Crippen molar-refractivity contribution in [2.45, 2.75) is 18.9 Å². The maximum absolute atomic E-state index is 11.2. The number of H-pyrrole nitrogens is 2. The highest BCUT2D eigenvalue weighted by Gasteiger charge is 2.26. The number of nitrogens with zero attached hydrogens (tertiary/aromatic N) is 1. The Kier molecular flexibility index (Phi) is 2.63. The Balaban J connectivity index is 1.78. The molecule has 1 aliphatic carbocycles. The Labute approximate surface area is 105 Å². The van der Waals surface area contributed by atoms with Crippen molar-refractivity contribution >= 4 is 16.7 Å². The van der Waals surface area contributed by atoms with E-state index in [-0.39, 0.29) is 5.69 Å². The average molecular weight is 246 g/mol. The van der Waals surface area contributed by atoms with Crippen LogP contribution in [-0.2, 0) is 0 Å². The molecule has 1 aliphatic rings. The van der Waals surface area contributed by atoms with Crippen molar-refractivity contribution in [1.29, 1.82) is 0 Å². The topological polar surface area (TPSA) is 77.9 Å². The standard InChI is InChI=1S/C13H18N4O/c1-17(7-8-4-9(14)5-8)10-2-3-11-12(6-10)16-13(18)15-11/h2-3,6,8-9H,4-5,7,14H2,1H3,(H2,15,16,18). The molecule has 0 radical (unpaired) electrons. The lowest BCUT2D eigenvalue weighted by Crippen LogP contribution is -2.41. The highest BCUT2D eigenvalue weighted by Crippen LogP contribution is 2.28. The van der Waals surface area contributed by atoms with Crippen molar-refractivity contribution in [2.24, 2.45) is 11.7 Å². The Morgan fingerprint density at radius 3 is 2.78 bits per heavy atom. The smallest absolute Gasteiger partial charge is 0.323 e. The van der Waals surface area contributed by atoms with Gasteiger partial charge in [-0.25, -0.2) is 4.79 Å². The zero-order chi connectivity index (χ0) is 12.7. The van der Waals surface area contributed by atoms with Crippen LogP contribution in [0.15, 0.2) is 23.0 Å². The number of anilines is 1. The lowest BCUT2D eigenvalue weighted by atomic mass is 9.80. The van der Waals surface area contributed by atoms with Gasteiger partial charge in [-0.15, -0.1) is 0 Å². The summed E-state index contributed by atoms with van der Waals surface area (Å²) in [6.45, 7) is 1.02. The van der Waals surface area contributed by atoms with Gasteiger partial charge < -0.3 is 20.6 Å².